The first-order chi connectivity index (χ1) is 8.83. The lowest BCUT2D eigenvalue weighted by Gasteiger charge is -2.32. The Balaban J connectivity index is 1.99. The quantitative estimate of drug-likeness (QED) is 0.746. The van der Waals surface area contributed by atoms with Crippen LogP contribution < -0.4 is 4.90 Å². The van der Waals surface area contributed by atoms with Crippen LogP contribution in [0, 0.1) is 0 Å². The van der Waals surface area contributed by atoms with E-state index in [2.05, 4.69) is 18.2 Å². The topological polar surface area (TPSA) is 20.3 Å². The van der Waals surface area contributed by atoms with Crippen molar-refractivity contribution in [2.45, 2.75) is 44.1 Å². The van der Waals surface area contributed by atoms with Gasteiger partial charge in [0, 0.05) is 29.9 Å². The third-order valence-electron chi connectivity index (χ3n) is 4.23. The fourth-order valence-electron chi connectivity index (χ4n) is 3.50. The molecule has 2 atom stereocenters. The number of para-hydroxylation sites is 1. The van der Waals surface area contributed by atoms with Crippen LogP contribution in [0.4, 0.5) is 5.69 Å². The number of halogens is 1. The first kappa shape index (κ1) is 12.0. The molecule has 0 radical (unpaired) electrons. The van der Waals surface area contributed by atoms with Crippen LogP contribution in [0.5, 0.6) is 0 Å². The van der Waals surface area contributed by atoms with Gasteiger partial charge >= 0.3 is 0 Å². The second-order valence-electron chi connectivity index (χ2n) is 5.22. The number of carbonyl (C=O) groups excluding carboxylic acids is 1. The minimum atomic E-state index is 0.187. The highest BCUT2D eigenvalue weighted by atomic mass is 35.5. The molecule has 1 aromatic rings. The van der Waals surface area contributed by atoms with E-state index in [9.17, 15) is 4.79 Å². The summed E-state index contributed by atoms with van der Waals surface area (Å²) in [7, 11) is 0. The molecular formula is C15H18ClNO. The zero-order valence-corrected chi connectivity index (χ0v) is 11.2. The van der Waals surface area contributed by atoms with Crippen molar-refractivity contribution in [1.82, 2.24) is 0 Å². The van der Waals surface area contributed by atoms with E-state index in [4.69, 9.17) is 11.6 Å². The van der Waals surface area contributed by atoms with Gasteiger partial charge in [-0.2, -0.15) is 0 Å². The molecule has 1 fully saturated rings. The zero-order valence-electron chi connectivity index (χ0n) is 10.4. The first-order valence-corrected chi connectivity index (χ1v) is 7.33. The molecule has 96 valence electrons. The molecule has 1 aliphatic heterocycles. The standard InChI is InChI=1S/C15H18ClNO/c16-10-9-15(18)17-13-7-3-1-5-11(13)12-6-2-4-8-14(12)17/h1,3,5,7,12,14H,2,4,6,8-10H2. The van der Waals surface area contributed by atoms with Crippen LogP contribution in [-0.4, -0.2) is 17.8 Å². The van der Waals surface area contributed by atoms with Crippen LogP contribution in [0.1, 0.15) is 43.6 Å². The van der Waals surface area contributed by atoms with E-state index in [1.165, 1.54) is 24.8 Å². The van der Waals surface area contributed by atoms with E-state index in [1.54, 1.807) is 0 Å². The molecule has 0 bridgehead atoms. The van der Waals surface area contributed by atoms with E-state index < -0.39 is 0 Å². The SMILES string of the molecule is O=C(CCCl)N1c2ccccc2C2CCCCC21. The van der Waals surface area contributed by atoms with E-state index in [0.717, 1.165) is 12.1 Å². The number of alkyl halides is 1. The number of nitrogens with zero attached hydrogens (tertiary/aromatic N) is 1. The highest BCUT2D eigenvalue weighted by Crippen LogP contribution is 2.47. The number of hydrogen-bond acceptors (Lipinski definition) is 1. The van der Waals surface area contributed by atoms with Crippen molar-refractivity contribution < 1.29 is 4.79 Å². The van der Waals surface area contributed by atoms with Gasteiger partial charge in [0.25, 0.3) is 0 Å². The normalized spacial score (nSPS) is 25.7. The molecule has 2 nitrogen and oxygen atoms in total. The Bertz CT molecular complexity index is 460. The summed E-state index contributed by atoms with van der Waals surface area (Å²) in [4.78, 5) is 14.3. The number of benzene rings is 1. The largest absolute Gasteiger partial charge is 0.308 e. The fraction of sp³-hybridized carbons (Fsp3) is 0.533. The van der Waals surface area contributed by atoms with Crippen LogP contribution in [0.3, 0.4) is 0 Å². The Morgan fingerprint density at radius 1 is 1.28 bits per heavy atom. The molecule has 2 unspecified atom stereocenters. The molecule has 1 saturated carbocycles. The van der Waals surface area contributed by atoms with Gasteiger partial charge in [-0.05, 0) is 24.5 Å². The molecule has 0 N–H and O–H groups in total. The highest BCUT2D eigenvalue weighted by Gasteiger charge is 2.41. The van der Waals surface area contributed by atoms with E-state index in [1.807, 2.05) is 11.0 Å². The lowest BCUT2D eigenvalue weighted by Crippen LogP contribution is -2.40. The second kappa shape index (κ2) is 4.93. The van der Waals surface area contributed by atoms with Gasteiger partial charge in [0.2, 0.25) is 5.91 Å². The third kappa shape index (κ3) is 1.83. The summed E-state index contributed by atoms with van der Waals surface area (Å²) in [5, 5.41) is 0. The van der Waals surface area contributed by atoms with Crippen molar-refractivity contribution in [2.24, 2.45) is 0 Å². The molecule has 3 rings (SSSR count). The van der Waals surface area contributed by atoms with Gasteiger partial charge in [0.05, 0.1) is 0 Å². The second-order valence-corrected chi connectivity index (χ2v) is 5.60. The monoisotopic (exact) mass is 263 g/mol. The van der Waals surface area contributed by atoms with Gasteiger partial charge in [-0.25, -0.2) is 0 Å². The van der Waals surface area contributed by atoms with Crippen molar-refractivity contribution in [2.75, 3.05) is 10.8 Å². The molecular weight excluding hydrogens is 246 g/mol. The molecule has 18 heavy (non-hydrogen) atoms. The average Bonchev–Trinajstić information content (AvgIpc) is 2.73. The van der Waals surface area contributed by atoms with Gasteiger partial charge in [-0.3, -0.25) is 4.79 Å². The summed E-state index contributed by atoms with van der Waals surface area (Å²) in [6.45, 7) is 0. The van der Waals surface area contributed by atoms with Crippen molar-refractivity contribution in [3.8, 4) is 0 Å². The average molecular weight is 264 g/mol. The maximum Gasteiger partial charge on any atom is 0.228 e. The number of fused-ring (bicyclic) bond motifs is 3. The Hall–Kier alpha value is -1.02. The van der Waals surface area contributed by atoms with Crippen LogP contribution in [0.15, 0.2) is 24.3 Å². The Labute approximate surface area is 113 Å². The number of rotatable bonds is 2. The van der Waals surface area contributed by atoms with Gasteiger partial charge in [0.1, 0.15) is 0 Å². The number of hydrogen-bond donors (Lipinski definition) is 0. The number of anilines is 1. The molecule has 3 heteroatoms. The minimum absolute atomic E-state index is 0.187. The molecule has 1 amide bonds. The van der Waals surface area contributed by atoms with Crippen molar-refractivity contribution in [3.63, 3.8) is 0 Å². The van der Waals surface area contributed by atoms with Gasteiger partial charge in [-0.15, -0.1) is 11.6 Å². The van der Waals surface area contributed by atoms with Gasteiger partial charge < -0.3 is 4.90 Å². The van der Waals surface area contributed by atoms with Crippen molar-refractivity contribution >= 4 is 23.2 Å². The van der Waals surface area contributed by atoms with E-state index in [0.29, 0.717) is 24.3 Å². The molecule has 0 aromatic heterocycles. The maximum atomic E-state index is 12.3. The summed E-state index contributed by atoms with van der Waals surface area (Å²) >= 11 is 5.73. The summed E-state index contributed by atoms with van der Waals surface area (Å²) in [6, 6.07) is 8.76. The minimum Gasteiger partial charge on any atom is -0.308 e. The molecule has 0 saturated heterocycles. The molecule has 0 spiro atoms. The zero-order chi connectivity index (χ0) is 12.5. The smallest absolute Gasteiger partial charge is 0.228 e. The number of amides is 1. The first-order valence-electron chi connectivity index (χ1n) is 6.80. The lowest BCUT2D eigenvalue weighted by molar-refractivity contribution is -0.118. The fourth-order valence-corrected chi connectivity index (χ4v) is 3.66. The summed E-state index contributed by atoms with van der Waals surface area (Å²) in [6.07, 6.45) is 5.31. The molecule has 2 aliphatic rings. The lowest BCUT2D eigenvalue weighted by atomic mass is 9.82. The summed E-state index contributed by atoms with van der Waals surface area (Å²) < 4.78 is 0. The summed E-state index contributed by atoms with van der Waals surface area (Å²) in [5.74, 6) is 1.15. The van der Waals surface area contributed by atoms with Crippen LogP contribution in [0.25, 0.3) is 0 Å². The predicted molar refractivity (Wildman–Crippen MR) is 74.3 cm³/mol. The molecule has 1 aromatic carbocycles. The van der Waals surface area contributed by atoms with Crippen molar-refractivity contribution in [3.05, 3.63) is 29.8 Å². The van der Waals surface area contributed by atoms with Crippen LogP contribution >= 0.6 is 11.6 Å². The van der Waals surface area contributed by atoms with E-state index >= 15 is 0 Å². The maximum absolute atomic E-state index is 12.3. The summed E-state index contributed by atoms with van der Waals surface area (Å²) in [5.41, 5.74) is 2.50. The van der Waals surface area contributed by atoms with Crippen LogP contribution in [0.2, 0.25) is 0 Å². The third-order valence-corrected chi connectivity index (χ3v) is 4.42. The Morgan fingerprint density at radius 3 is 2.89 bits per heavy atom. The highest BCUT2D eigenvalue weighted by molar-refractivity contribution is 6.19. The Kier molecular flexibility index (Phi) is 3.29. The Morgan fingerprint density at radius 2 is 2.06 bits per heavy atom. The van der Waals surface area contributed by atoms with Gasteiger partial charge in [0.15, 0.2) is 0 Å². The van der Waals surface area contributed by atoms with Gasteiger partial charge in [-0.1, -0.05) is 31.0 Å². The van der Waals surface area contributed by atoms with E-state index in [-0.39, 0.29) is 5.91 Å². The van der Waals surface area contributed by atoms with Crippen LogP contribution in [-0.2, 0) is 4.79 Å². The number of carbonyl (C=O) groups is 1. The molecule has 1 heterocycles. The van der Waals surface area contributed by atoms with Crippen molar-refractivity contribution in [1.29, 1.82) is 0 Å². The molecule has 1 aliphatic carbocycles. The predicted octanol–water partition coefficient (Wildman–Crippen LogP) is 3.69.